The third-order valence-electron chi connectivity index (χ3n) is 3.28. The average molecular weight is 371 g/mol. The van der Waals surface area contributed by atoms with Crippen molar-refractivity contribution < 1.29 is 14.6 Å². The maximum atomic E-state index is 11.9. The van der Waals surface area contributed by atoms with Crippen LogP contribution in [0.15, 0.2) is 35.7 Å². The van der Waals surface area contributed by atoms with Gasteiger partial charge in [-0.25, -0.2) is 4.79 Å². The predicted octanol–water partition coefficient (Wildman–Crippen LogP) is 2.17. The summed E-state index contributed by atoms with van der Waals surface area (Å²) in [6.07, 6.45) is 0. The van der Waals surface area contributed by atoms with Crippen molar-refractivity contribution in [3.8, 4) is 0 Å². The Morgan fingerprint density at radius 1 is 1.32 bits per heavy atom. The number of amides is 2. The molecule has 1 heterocycles. The number of hydrogen-bond donors (Lipinski definition) is 1. The van der Waals surface area contributed by atoms with Crippen LogP contribution >= 0.6 is 15.9 Å². The first kappa shape index (κ1) is 15.9. The standard InChI is InChI=1S/C12H11BrN4O5/c1-15-9(6-13)11(17(21)22)10(14-12(15)18)7-3-2-4-8(5-7)16(19)20/h2-5,10H,6H2,1H3,(H,14,18). The number of nitrogens with zero attached hydrogens (tertiary/aromatic N) is 3. The summed E-state index contributed by atoms with van der Waals surface area (Å²) < 4.78 is 0. The maximum Gasteiger partial charge on any atom is 0.322 e. The van der Waals surface area contributed by atoms with Crippen molar-refractivity contribution in [3.63, 3.8) is 0 Å². The molecule has 1 aromatic carbocycles. The van der Waals surface area contributed by atoms with Gasteiger partial charge in [0.1, 0.15) is 11.7 Å². The molecule has 0 spiro atoms. The molecule has 0 fully saturated rings. The highest BCUT2D eigenvalue weighted by Gasteiger charge is 2.39. The number of halogens is 1. The molecule has 0 radical (unpaired) electrons. The van der Waals surface area contributed by atoms with Crippen molar-refractivity contribution in [1.29, 1.82) is 0 Å². The first-order chi connectivity index (χ1) is 10.4. The minimum Gasteiger partial charge on any atom is -0.321 e. The van der Waals surface area contributed by atoms with Crippen LogP contribution in [0.25, 0.3) is 0 Å². The highest BCUT2D eigenvalue weighted by Crippen LogP contribution is 2.32. The number of carbonyl (C=O) groups is 1. The van der Waals surface area contributed by atoms with Gasteiger partial charge in [0, 0.05) is 19.2 Å². The number of nitro groups is 2. The fourth-order valence-electron chi connectivity index (χ4n) is 2.18. The van der Waals surface area contributed by atoms with Crippen LogP contribution < -0.4 is 5.32 Å². The maximum absolute atomic E-state index is 11.9. The molecule has 9 nitrogen and oxygen atoms in total. The minimum atomic E-state index is -1.05. The third-order valence-corrected chi connectivity index (χ3v) is 3.82. The zero-order valence-corrected chi connectivity index (χ0v) is 12.9. The van der Waals surface area contributed by atoms with Crippen LogP contribution in [0.2, 0.25) is 0 Å². The van der Waals surface area contributed by atoms with E-state index in [1.165, 1.54) is 31.3 Å². The number of hydrogen-bond acceptors (Lipinski definition) is 5. The number of nitrogens with one attached hydrogen (secondary N) is 1. The zero-order valence-electron chi connectivity index (χ0n) is 11.4. The second-order valence-electron chi connectivity index (χ2n) is 4.52. The quantitative estimate of drug-likeness (QED) is 0.494. The van der Waals surface area contributed by atoms with Gasteiger partial charge in [-0.3, -0.25) is 25.1 Å². The van der Waals surface area contributed by atoms with Crippen molar-refractivity contribution in [2.45, 2.75) is 6.04 Å². The number of rotatable bonds is 4. The molecule has 1 unspecified atom stereocenters. The Bertz CT molecular complexity index is 690. The Morgan fingerprint density at radius 2 is 2.00 bits per heavy atom. The molecule has 1 aliphatic rings. The lowest BCUT2D eigenvalue weighted by Gasteiger charge is -2.30. The fourth-order valence-corrected chi connectivity index (χ4v) is 2.84. The summed E-state index contributed by atoms with van der Waals surface area (Å²) in [5, 5.41) is 24.8. The first-order valence-electron chi connectivity index (χ1n) is 6.08. The van der Waals surface area contributed by atoms with Crippen LogP contribution in [0.1, 0.15) is 11.6 Å². The molecule has 0 aliphatic carbocycles. The molecular weight excluding hydrogens is 360 g/mol. The van der Waals surface area contributed by atoms with E-state index >= 15 is 0 Å². The Hall–Kier alpha value is -2.49. The van der Waals surface area contributed by atoms with Crippen LogP contribution in [-0.4, -0.2) is 33.2 Å². The molecule has 0 saturated carbocycles. The van der Waals surface area contributed by atoms with Gasteiger partial charge in [0.25, 0.3) is 11.4 Å². The smallest absolute Gasteiger partial charge is 0.321 e. The van der Waals surface area contributed by atoms with Crippen molar-refractivity contribution in [2.24, 2.45) is 0 Å². The van der Waals surface area contributed by atoms with E-state index in [4.69, 9.17) is 0 Å². The van der Waals surface area contributed by atoms with Crippen LogP contribution in [0.4, 0.5) is 10.5 Å². The zero-order chi connectivity index (χ0) is 16.4. The molecule has 1 aliphatic heterocycles. The van der Waals surface area contributed by atoms with Gasteiger partial charge < -0.3 is 5.32 Å². The second kappa shape index (κ2) is 6.10. The molecule has 2 rings (SSSR count). The normalized spacial score (nSPS) is 18.2. The van der Waals surface area contributed by atoms with Crippen LogP contribution in [0.3, 0.4) is 0 Å². The van der Waals surface area contributed by atoms with E-state index in [1.807, 2.05) is 0 Å². The molecule has 116 valence electrons. The molecule has 0 saturated heterocycles. The van der Waals surface area contributed by atoms with E-state index in [0.29, 0.717) is 0 Å². The van der Waals surface area contributed by atoms with Crippen LogP contribution in [0.5, 0.6) is 0 Å². The van der Waals surface area contributed by atoms with Gasteiger partial charge in [-0.05, 0) is 5.56 Å². The number of alkyl halides is 1. The summed E-state index contributed by atoms with van der Waals surface area (Å²) in [6, 6.07) is 3.84. The topological polar surface area (TPSA) is 119 Å². The van der Waals surface area contributed by atoms with Gasteiger partial charge in [0.05, 0.1) is 15.2 Å². The van der Waals surface area contributed by atoms with E-state index in [0.717, 1.165) is 4.90 Å². The lowest BCUT2D eigenvalue weighted by molar-refractivity contribution is -0.433. The Morgan fingerprint density at radius 3 is 2.55 bits per heavy atom. The molecule has 0 bridgehead atoms. The number of benzene rings is 1. The van der Waals surface area contributed by atoms with E-state index < -0.39 is 21.9 Å². The summed E-state index contributed by atoms with van der Waals surface area (Å²) in [4.78, 5) is 34.1. The van der Waals surface area contributed by atoms with E-state index in [-0.39, 0.29) is 28.0 Å². The highest BCUT2D eigenvalue weighted by atomic mass is 79.9. The number of carbonyl (C=O) groups excluding carboxylic acids is 1. The molecule has 10 heteroatoms. The van der Waals surface area contributed by atoms with Crippen molar-refractivity contribution in [1.82, 2.24) is 10.2 Å². The number of allylic oxidation sites excluding steroid dienone is 1. The fraction of sp³-hybridized carbons (Fsp3) is 0.250. The molecule has 1 atom stereocenters. The Labute approximate surface area is 133 Å². The molecule has 2 amide bonds. The third kappa shape index (κ3) is 2.77. The highest BCUT2D eigenvalue weighted by molar-refractivity contribution is 9.09. The summed E-state index contributed by atoms with van der Waals surface area (Å²) in [7, 11) is 1.42. The van der Waals surface area contributed by atoms with E-state index in [9.17, 15) is 25.0 Å². The van der Waals surface area contributed by atoms with Gasteiger partial charge in [-0.2, -0.15) is 0 Å². The molecule has 0 aromatic heterocycles. The SMILES string of the molecule is CN1C(=O)NC(c2cccc([N+](=O)[O-])c2)C([N+](=O)[O-])=C1CBr. The van der Waals surface area contributed by atoms with Gasteiger partial charge in [0.2, 0.25) is 0 Å². The van der Waals surface area contributed by atoms with Gasteiger partial charge in [-0.15, -0.1) is 0 Å². The summed E-state index contributed by atoms with van der Waals surface area (Å²) in [6.45, 7) is 0. The number of non-ortho nitro benzene ring substituents is 1. The Kier molecular flexibility index (Phi) is 4.40. The molecular formula is C12H11BrN4O5. The van der Waals surface area contributed by atoms with Crippen LogP contribution in [0, 0.1) is 20.2 Å². The summed E-state index contributed by atoms with van der Waals surface area (Å²) in [5.74, 6) is 0. The van der Waals surface area contributed by atoms with E-state index in [2.05, 4.69) is 21.2 Å². The number of nitro benzene ring substituents is 1. The summed E-state index contributed by atoms with van der Waals surface area (Å²) >= 11 is 3.13. The van der Waals surface area contributed by atoms with Gasteiger partial charge in [0.15, 0.2) is 0 Å². The monoisotopic (exact) mass is 370 g/mol. The van der Waals surface area contributed by atoms with Crippen LogP contribution in [-0.2, 0) is 0 Å². The summed E-state index contributed by atoms with van der Waals surface area (Å²) in [5.41, 5.74) is 0.0549. The Balaban J connectivity index is 2.59. The largest absolute Gasteiger partial charge is 0.322 e. The molecule has 22 heavy (non-hydrogen) atoms. The van der Waals surface area contributed by atoms with Gasteiger partial charge in [-0.1, -0.05) is 28.1 Å². The van der Waals surface area contributed by atoms with Crippen molar-refractivity contribution in [2.75, 3.05) is 12.4 Å². The predicted molar refractivity (Wildman–Crippen MR) is 79.9 cm³/mol. The van der Waals surface area contributed by atoms with E-state index in [1.54, 1.807) is 0 Å². The lowest BCUT2D eigenvalue weighted by Crippen LogP contribution is -2.47. The van der Waals surface area contributed by atoms with Crippen molar-refractivity contribution in [3.05, 3.63) is 61.5 Å². The van der Waals surface area contributed by atoms with Crippen molar-refractivity contribution >= 4 is 27.6 Å². The number of urea groups is 1. The lowest BCUT2D eigenvalue weighted by atomic mass is 10.00. The molecule has 1 aromatic rings. The first-order valence-corrected chi connectivity index (χ1v) is 7.21. The average Bonchev–Trinajstić information content (AvgIpc) is 2.49. The minimum absolute atomic E-state index is 0.110. The second-order valence-corrected chi connectivity index (χ2v) is 5.08. The van der Waals surface area contributed by atoms with Gasteiger partial charge >= 0.3 is 6.03 Å². The molecule has 1 N–H and O–H groups in total.